The molecule has 138 valence electrons. The number of carboxylic acid groups (broad SMARTS) is 3. The summed E-state index contributed by atoms with van der Waals surface area (Å²) in [5.74, 6) is -2.94. The Morgan fingerprint density at radius 3 is 1.29 bits per heavy atom. The largest absolute Gasteiger partial charge is 0.478 e. The maximum absolute atomic E-state index is 9.25. The molecule has 0 aromatic carbocycles. The average molecular weight is 384 g/mol. The fourth-order valence-electron chi connectivity index (χ4n) is 0.309. The van der Waals surface area contributed by atoms with Gasteiger partial charge in [0.1, 0.15) is 0 Å². The van der Waals surface area contributed by atoms with E-state index in [1.807, 2.05) is 0 Å². The topological polar surface area (TPSA) is 151 Å². The summed E-state index contributed by atoms with van der Waals surface area (Å²) in [6, 6.07) is 0. The molecule has 0 aliphatic rings. The molecule has 24 heavy (non-hydrogen) atoms. The Morgan fingerprint density at radius 1 is 0.833 bits per heavy atom. The zero-order chi connectivity index (χ0) is 19.1. The first-order valence-electron chi connectivity index (χ1n) is 5.96. The SMILES string of the molecule is C=CC(=O)O.C=CC(=O)O.C=CC(=O)O.COCCOCCO.[Ti]. The van der Waals surface area contributed by atoms with E-state index in [4.69, 9.17) is 25.2 Å². The summed E-state index contributed by atoms with van der Waals surface area (Å²) < 4.78 is 9.53. The first-order chi connectivity index (χ1) is 10.7. The van der Waals surface area contributed by atoms with Crippen LogP contribution in [0, 0.1) is 0 Å². The van der Waals surface area contributed by atoms with Crippen molar-refractivity contribution in [2.45, 2.75) is 0 Å². The molecule has 0 rings (SSSR count). The molecule has 0 aromatic rings. The summed E-state index contributed by atoms with van der Waals surface area (Å²) in [7, 11) is 1.61. The number of rotatable bonds is 8. The number of methoxy groups -OCH3 is 1. The molecular formula is C14H24O9Ti. The molecule has 0 radical (unpaired) electrons. The third kappa shape index (κ3) is 87.8. The quantitative estimate of drug-likeness (QED) is 0.265. The Hall–Kier alpha value is -1.78. The van der Waals surface area contributed by atoms with Crippen molar-refractivity contribution in [1.29, 1.82) is 0 Å². The van der Waals surface area contributed by atoms with Crippen LogP contribution in [0.3, 0.4) is 0 Å². The number of hydrogen-bond donors (Lipinski definition) is 4. The molecule has 10 heteroatoms. The molecular weight excluding hydrogens is 360 g/mol. The van der Waals surface area contributed by atoms with Crippen LogP contribution in [0.15, 0.2) is 38.0 Å². The molecule has 0 saturated heterocycles. The van der Waals surface area contributed by atoms with Crippen molar-refractivity contribution in [1.82, 2.24) is 0 Å². The average Bonchev–Trinajstić information content (AvgIpc) is 2.53. The molecule has 0 aliphatic carbocycles. The predicted molar refractivity (Wildman–Crippen MR) is 83.3 cm³/mol. The van der Waals surface area contributed by atoms with Gasteiger partial charge in [-0.3, -0.25) is 0 Å². The number of aliphatic hydroxyl groups is 1. The van der Waals surface area contributed by atoms with Crippen LogP contribution < -0.4 is 0 Å². The maximum atomic E-state index is 9.25. The van der Waals surface area contributed by atoms with Gasteiger partial charge in [-0.05, 0) is 0 Å². The van der Waals surface area contributed by atoms with Crippen LogP contribution in [-0.2, 0) is 45.6 Å². The minimum Gasteiger partial charge on any atom is -0.478 e. The Labute approximate surface area is 155 Å². The van der Waals surface area contributed by atoms with E-state index in [2.05, 4.69) is 24.5 Å². The molecule has 0 saturated carbocycles. The Bertz CT molecular complexity index is 294. The second-order valence-electron chi connectivity index (χ2n) is 2.96. The minimum absolute atomic E-state index is 0. The van der Waals surface area contributed by atoms with Gasteiger partial charge in [0.05, 0.1) is 26.4 Å². The summed E-state index contributed by atoms with van der Waals surface area (Å²) in [4.78, 5) is 27.8. The Balaban J connectivity index is -0.0000000677. The van der Waals surface area contributed by atoms with E-state index in [9.17, 15) is 14.4 Å². The van der Waals surface area contributed by atoms with Crippen LogP contribution in [0.2, 0.25) is 0 Å². The standard InChI is InChI=1S/C5H12O3.3C3H4O2.Ti/c1-7-4-5-8-3-2-6;3*1-2-3(4)5;/h6H,2-5H2,1H3;3*2H,1H2,(H,4,5);. The molecule has 0 heterocycles. The zero-order valence-electron chi connectivity index (χ0n) is 13.5. The molecule has 0 amide bonds. The van der Waals surface area contributed by atoms with Gasteiger partial charge in [-0.2, -0.15) is 0 Å². The fraction of sp³-hybridized carbons (Fsp3) is 0.357. The number of aliphatic hydroxyl groups excluding tert-OH is 1. The minimum atomic E-state index is -0.981. The van der Waals surface area contributed by atoms with Crippen molar-refractivity contribution >= 4 is 17.9 Å². The zero-order valence-corrected chi connectivity index (χ0v) is 15.1. The number of ether oxygens (including phenoxy) is 2. The summed E-state index contributed by atoms with van der Waals surface area (Å²) in [6.07, 6.45) is 2.50. The summed E-state index contributed by atoms with van der Waals surface area (Å²) >= 11 is 0. The van der Waals surface area contributed by atoms with E-state index in [1.54, 1.807) is 7.11 Å². The summed E-state index contributed by atoms with van der Waals surface area (Å²) in [5, 5.41) is 31.0. The van der Waals surface area contributed by atoms with Crippen molar-refractivity contribution in [3.05, 3.63) is 38.0 Å². The molecule has 9 nitrogen and oxygen atoms in total. The van der Waals surface area contributed by atoms with Crippen LogP contribution in [0.5, 0.6) is 0 Å². The molecule has 0 aromatic heterocycles. The second kappa shape index (κ2) is 33.0. The van der Waals surface area contributed by atoms with E-state index in [1.165, 1.54) is 0 Å². The molecule has 4 N–H and O–H groups in total. The third-order valence-electron chi connectivity index (χ3n) is 1.19. The van der Waals surface area contributed by atoms with Crippen LogP contribution in [0.4, 0.5) is 0 Å². The summed E-state index contributed by atoms with van der Waals surface area (Å²) in [6.45, 7) is 10.5. The van der Waals surface area contributed by atoms with Crippen molar-refractivity contribution in [3.63, 3.8) is 0 Å². The number of aliphatic carboxylic acids is 3. The first kappa shape index (κ1) is 33.7. The van der Waals surface area contributed by atoms with Gasteiger partial charge < -0.3 is 29.9 Å². The number of carboxylic acids is 3. The molecule has 0 fully saturated rings. The predicted octanol–water partition coefficient (Wildman–Crippen LogP) is 0.410. The van der Waals surface area contributed by atoms with E-state index >= 15 is 0 Å². The molecule has 0 unspecified atom stereocenters. The molecule has 0 atom stereocenters. The first-order valence-corrected chi connectivity index (χ1v) is 5.96. The van der Waals surface area contributed by atoms with E-state index in [0.29, 0.717) is 19.8 Å². The van der Waals surface area contributed by atoms with Crippen LogP contribution in [0.1, 0.15) is 0 Å². The van der Waals surface area contributed by atoms with Gasteiger partial charge in [0, 0.05) is 47.1 Å². The normalized spacial score (nSPS) is 7.25. The Morgan fingerprint density at radius 2 is 1.12 bits per heavy atom. The van der Waals surface area contributed by atoms with Crippen LogP contribution >= 0.6 is 0 Å². The third-order valence-corrected chi connectivity index (χ3v) is 1.19. The smallest absolute Gasteiger partial charge is 0.327 e. The van der Waals surface area contributed by atoms with Crippen LogP contribution in [-0.4, -0.2) is 71.9 Å². The van der Waals surface area contributed by atoms with Gasteiger partial charge in [-0.15, -0.1) is 0 Å². The monoisotopic (exact) mass is 384 g/mol. The van der Waals surface area contributed by atoms with E-state index in [-0.39, 0.29) is 28.3 Å². The van der Waals surface area contributed by atoms with Gasteiger partial charge >= 0.3 is 17.9 Å². The molecule has 0 bridgehead atoms. The van der Waals surface area contributed by atoms with Crippen molar-refractivity contribution in [2.24, 2.45) is 0 Å². The van der Waals surface area contributed by atoms with E-state index in [0.717, 1.165) is 18.2 Å². The number of hydrogen-bond acceptors (Lipinski definition) is 6. The maximum Gasteiger partial charge on any atom is 0.327 e. The Kier molecular flexibility index (Phi) is 46.4. The van der Waals surface area contributed by atoms with Crippen molar-refractivity contribution < 1.29 is 66.0 Å². The van der Waals surface area contributed by atoms with Gasteiger partial charge in [0.15, 0.2) is 0 Å². The van der Waals surface area contributed by atoms with Gasteiger partial charge in [0.2, 0.25) is 0 Å². The molecule has 0 aliphatic heterocycles. The van der Waals surface area contributed by atoms with Crippen molar-refractivity contribution in [2.75, 3.05) is 33.5 Å². The summed E-state index contributed by atoms with van der Waals surface area (Å²) in [5.41, 5.74) is 0. The van der Waals surface area contributed by atoms with Gasteiger partial charge in [-0.25, -0.2) is 14.4 Å². The van der Waals surface area contributed by atoms with Crippen molar-refractivity contribution in [3.8, 4) is 0 Å². The van der Waals surface area contributed by atoms with Gasteiger partial charge in [-0.1, -0.05) is 19.7 Å². The van der Waals surface area contributed by atoms with Gasteiger partial charge in [0.25, 0.3) is 0 Å². The second-order valence-corrected chi connectivity index (χ2v) is 2.96. The fourth-order valence-corrected chi connectivity index (χ4v) is 0.309. The van der Waals surface area contributed by atoms with E-state index < -0.39 is 17.9 Å². The molecule has 0 spiro atoms. The van der Waals surface area contributed by atoms with Crippen LogP contribution in [0.25, 0.3) is 0 Å². The number of carbonyl (C=O) groups is 3.